The molecule has 2 aromatic carbocycles. The Bertz CT molecular complexity index is 1560. The lowest BCUT2D eigenvalue weighted by Crippen LogP contribution is -2.46. The van der Waals surface area contributed by atoms with E-state index in [1.807, 2.05) is 13.0 Å². The second-order valence-electron chi connectivity index (χ2n) is 11.7. The van der Waals surface area contributed by atoms with Gasteiger partial charge in [0.05, 0.1) is 34.8 Å². The van der Waals surface area contributed by atoms with Crippen LogP contribution in [0.1, 0.15) is 56.2 Å². The van der Waals surface area contributed by atoms with Crippen molar-refractivity contribution in [2.24, 2.45) is 17.8 Å². The zero-order valence-electron chi connectivity index (χ0n) is 24.2. The summed E-state index contributed by atoms with van der Waals surface area (Å²) < 4.78 is 88.1. The molecular formula is C31H29BBrF6NO5. The number of imide groups is 1. The van der Waals surface area contributed by atoms with Crippen LogP contribution in [0.2, 0.25) is 6.32 Å². The lowest BCUT2D eigenvalue weighted by molar-refractivity contribution is -0.143. The molecule has 2 aliphatic heterocycles. The van der Waals surface area contributed by atoms with Gasteiger partial charge in [-0.05, 0) is 86.8 Å². The van der Waals surface area contributed by atoms with Gasteiger partial charge in [0.25, 0.3) is 0 Å². The summed E-state index contributed by atoms with van der Waals surface area (Å²) in [5.41, 5.74) is -1.03. The monoisotopic (exact) mass is 699 g/mol. The predicted octanol–water partition coefficient (Wildman–Crippen LogP) is 7.79. The quantitative estimate of drug-likeness (QED) is 0.139. The number of halogens is 7. The zero-order valence-corrected chi connectivity index (χ0v) is 25.8. The number of rotatable bonds is 6. The van der Waals surface area contributed by atoms with Crippen LogP contribution >= 0.6 is 15.9 Å². The van der Waals surface area contributed by atoms with Crippen molar-refractivity contribution in [2.45, 2.75) is 64.3 Å². The molecule has 0 saturated carbocycles. The predicted molar refractivity (Wildman–Crippen MR) is 158 cm³/mol. The molecular weight excluding hydrogens is 671 g/mol. The topological polar surface area (TPSA) is 87.1 Å². The van der Waals surface area contributed by atoms with Crippen molar-refractivity contribution in [2.75, 3.05) is 4.90 Å². The van der Waals surface area contributed by atoms with Crippen LogP contribution < -0.4 is 4.90 Å². The fourth-order valence-corrected chi connectivity index (χ4v) is 7.15. The second-order valence-corrected chi connectivity index (χ2v) is 12.6. The lowest BCUT2D eigenvalue weighted by Gasteiger charge is -2.42. The van der Waals surface area contributed by atoms with Gasteiger partial charge in [-0.25, -0.2) is 4.90 Å². The average molecular weight is 700 g/mol. The smallest absolute Gasteiger partial charge is 0.455 e. The number of alkyl halides is 6. The zero-order chi connectivity index (χ0) is 33.0. The maximum absolute atomic E-state index is 13.8. The van der Waals surface area contributed by atoms with Crippen molar-refractivity contribution < 1.29 is 50.7 Å². The van der Waals surface area contributed by atoms with Gasteiger partial charge in [-0.15, -0.1) is 0 Å². The summed E-state index contributed by atoms with van der Waals surface area (Å²) >= 11 is 3.39. The maximum atomic E-state index is 13.8. The third kappa shape index (κ3) is 6.59. The van der Waals surface area contributed by atoms with E-state index in [2.05, 4.69) is 15.9 Å². The number of phenols is 1. The highest BCUT2D eigenvalue weighted by atomic mass is 79.9. The number of aromatic hydroxyl groups is 1. The molecule has 6 nitrogen and oxygen atoms in total. The number of anilines is 1. The summed E-state index contributed by atoms with van der Waals surface area (Å²) in [5, 5.41) is 20.9. The Hall–Kier alpha value is -3.10. The Morgan fingerprint density at radius 2 is 1.69 bits per heavy atom. The number of fused-ring (bicyclic) bond motifs is 3. The number of carbonyl (C=O) groups is 2. The summed E-state index contributed by atoms with van der Waals surface area (Å²) in [6.07, 6.45) is -7.55. The maximum Gasteiger partial charge on any atom is 0.455 e. The molecule has 5 rings (SSSR count). The van der Waals surface area contributed by atoms with Crippen LogP contribution in [0.15, 0.2) is 57.6 Å². The molecule has 0 bridgehead atoms. The minimum atomic E-state index is -5.15. The van der Waals surface area contributed by atoms with Gasteiger partial charge in [-0.2, -0.15) is 26.3 Å². The van der Waals surface area contributed by atoms with Gasteiger partial charge in [0, 0.05) is 10.0 Å². The number of benzene rings is 2. The SMILES string of the molecule is CC/C(=C\c1cc(Br)ccc1O)CC[C@H]1OB(O)C[C@H]2C1=C(C)C[C@H]1C(=O)N(c3cc(C(F)(F)F)cc(C(F)(F)F)c3)C(=O)[C@H]12. The Kier molecular flexibility index (Phi) is 9.06. The van der Waals surface area contributed by atoms with Crippen molar-refractivity contribution >= 4 is 46.6 Å². The number of nitrogens with zero attached hydrogens (tertiary/aromatic N) is 1. The molecule has 14 heteroatoms. The molecule has 0 aromatic heterocycles. The Labute approximate surface area is 264 Å². The Morgan fingerprint density at radius 3 is 2.29 bits per heavy atom. The van der Waals surface area contributed by atoms with Crippen molar-refractivity contribution in [3.05, 3.63) is 74.3 Å². The second kappa shape index (κ2) is 12.3. The number of phenolic OH excluding ortho intramolecular Hbond substituents is 1. The molecule has 3 aliphatic rings. The van der Waals surface area contributed by atoms with Crippen LogP contribution in [0.3, 0.4) is 0 Å². The van der Waals surface area contributed by atoms with Gasteiger partial charge in [-0.3, -0.25) is 9.59 Å². The molecule has 1 aliphatic carbocycles. The molecule has 4 atom stereocenters. The van der Waals surface area contributed by atoms with Gasteiger partial charge in [0.1, 0.15) is 5.75 Å². The van der Waals surface area contributed by atoms with Gasteiger partial charge < -0.3 is 14.8 Å². The molecule has 2 fully saturated rings. The van der Waals surface area contributed by atoms with E-state index in [0.717, 1.165) is 15.6 Å². The third-order valence-electron chi connectivity index (χ3n) is 8.81. The third-order valence-corrected chi connectivity index (χ3v) is 9.31. The Morgan fingerprint density at radius 1 is 1.04 bits per heavy atom. The summed E-state index contributed by atoms with van der Waals surface area (Å²) in [6.45, 7) is 3.71. The normalized spacial score (nSPS) is 24.4. The van der Waals surface area contributed by atoms with E-state index in [1.165, 1.54) is 0 Å². The number of allylic oxidation sites excluding steroid dienone is 2. The van der Waals surface area contributed by atoms with Gasteiger partial charge in [-0.1, -0.05) is 40.1 Å². The van der Waals surface area contributed by atoms with E-state index in [4.69, 9.17) is 4.65 Å². The van der Waals surface area contributed by atoms with Gasteiger partial charge >= 0.3 is 19.5 Å². The summed E-state index contributed by atoms with van der Waals surface area (Å²) in [5.74, 6) is -4.47. The summed E-state index contributed by atoms with van der Waals surface area (Å²) in [4.78, 5) is 27.8. The number of hydrogen-bond acceptors (Lipinski definition) is 5. The van der Waals surface area contributed by atoms with Gasteiger partial charge in [0.15, 0.2) is 0 Å². The lowest BCUT2D eigenvalue weighted by atomic mass is 9.59. The number of amides is 2. The molecule has 0 unspecified atom stereocenters. The van der Waals surface area contributed by atoms with Gasteiger partial charge in [0.2, 0.25) is 11.8 Å². The van der Waals surface area contributed by atoms with Crippen LogP contribution in [-0.2, 0) is 26.6 Å². The summed E-state index contributed by atoms with van der Waals surface area (Å²) in [6, 6.07) is 5.75. The van der Waals surface area contributed by atoms with Crippen molar-refractivity contribution in [3.63, 3.8) is 0 Å². The average Bonchev–Trinajstić information content (AvgIpc) is 3.20. The van der Waals surface area contributed by atoms with Crippen LogP contribution in [-0.4, -0.2) is 35.2 Å². The van der Waals surface area contributed by atoms with E-state index in [0.29, 0.717) is 47.4 Å². The summed E-state index contributed by atoms with van der Waals surface area (Å²) in [7, 11) is -1.30. The molecule has 2 amide bonds. The first-order chi connectivity index (χ1) is 21.0. The fraction of sp³-hybridized carbons (Fsp3) is 0.419. The highest BCUT2D eigenvalue weighted by Gasteiger charge is 2.57. The van der Waals surface area contributed by atoms with Crippen molar-refractivity contribution in [1.29, 1.82) is 0 Å². The number of carbonyl (C=O) groups excluding carboxylic acids is 2. The van der Waals surface area contributed by atoms with Crippen molar-refractivity contribution in [1.82, 2.24) is 0 Å². The van der Waals surface area contributed by atoms with E-state index >= 15 is 0 Å². The molecule has 2 saturated heterocycles. The first-order valence-electron chi connectivity index (χ1n) is 14.4. The van der Waals surface area contributed by atoms with Crippen LogP contribution in [0.25, 0.3) is 6.08 Å². The first-order valence-corrected chi connectivity index (χ1v) is 15.2. The van der Waals surface area contributed by atoms with Crippen LogP contribution in [0.5, 0.6) is 5.75 Å². The fourth-order valence-electron chi connectivity index (χ4n) is 6.77. The highest BCUT2D eigenvalue weighted by Crippen LogP contribution is 2.52. The Balaban J connectivity index is 1.45. The van der Waals surface area contributed by atoms with E-state index in [-0.39, 0.29) is 24.6 Å². The molecule has 2 heterocycles. The molecule has 2 N–H and O–H groups in total. The van der Waals surface area contributed by atoms with E-state index in [9.17, 15) is 46.1 Å². The van der Waals surface area contributed by atoms with E-state index < -0.39 is 72.0 Å². The molecule has 0 radical (unpaired) electrons. The highest BCUT2D eigenvalue weighted by molar-refractivity contribution is 9.10. The molecule has 240 valence electrons. The number of hydrogen-bond donors (Lipinski definition) is 2. The standard InChI is InChI=1S/C31H29BBrF6NO5/c1-3-16(9-17-10-20(33)5-6-24(17)41)4-7-25-26-15(2)8-22-27(23(26)14-32(44)45-25)29(43)40(28(22)42)21-12-18(30(34,35)36)11-19(13-21)31(37,38)39/h5-6,9-13,22-23,25,27,41,44H,3-4,7-8,14H2,1-2H3/b16-9+/t22-,23+,25-,27-/m1/s1. The van der Waals surface area contributed by atoms with Crippen LogP contribution in [0.4, 0.5) is 32.0 Å². The first kappa shape index (κ1) is 33.3. The molecule has 45 heavy (non-hydrogen) atoms. The van der Waals surface area contributed by atoms with E-state index in [1.54, 1.807) is 25.1 Å². The molecule has 0 spiro atoms. The van der Waals surface area contributed by atoms with Crippen LogP contribution in [0, 0.1) is 17.8 Å². The minimum absolute atomic E-state index is 0.0538. The largest absolute Gasteiger partial charge is 0.507 e. The minimum Gasteiger partial charge on any atom is -0.507 e. The molecule has 2 aromatic rings. The van der Waals surface area contributed by atoms with Crippen molar-refractivity contribution in [3.8, 4) is 5.75 Å².